The van der Waals surface area contributed by atoms with Crippen molar-refractivity contribution in [2.24, 2.45) is 5.73 Å². The van der Waals surface area contributed by atoms with Gasteiger partial charge in [-0.2, -0.15) is 11.8 Å². The summed E-state index contributed by atoms with van der Waals surface area (Å²) >= 11 is 1.91. The maximum Gasteiger partial charge on any atom is 0.0489 e. The lowest BCUT2D eigenvalue weighted by atomic mass is 9.99. The van der Waals surface area contributed by atoms with Gasteiger partial charge in [0.2, 0.25) is 0 Å². The Balaban J connectivity index is 2.26. The second-order valence-electron chi connectivity index (χ2n) is 4.22. The number of hydrogen-bond acceptors (Lipinski definition) is 2. The largest absolute Gasteiger partial charge is 0.323 e. The third-order valence-electron chi connectivity index (χ3n) is 2.98. The van der Waals surface area contributed by atoms with Crippen molar-refractivity contribution in [1.29, 1.82) is 0 Å². The van der Waals surface area contributed by atoms with E-state index in [2.05, 4.69) is 43.3 Å². The number of benzene rings is 2. The third kappa shape index (κ3) is 3.15. The molecule has 0 saturated carbocycles. The molecule has 18 heavy (non-hydrogen) atoms. The van der Waals surface area contributed by atoms with E-state index in [4.69, 9.17) is 5.73 Å². The van der Waals surface area contributed by atoms with Crippen LogP contribution >= 0.6 is 11.8 Å². The number of rotatable bonds is 5. The smallest absolute Gasteiger partial charge is 0.0489 e. The summed E-state index contributed by atoms with van der Waals surface area (Å²) < 4.78 is 0. The molecule has 1 nitrogen and oxygen atoms in total. The van der Waals surface area contributed by atoms with Crippen molar-refractivity contribution < 1.29 is 0 Å². The van der Waals surface area contributed by atoms with Crippen LogP contribution in [0, 0.1) is 0 Å². The Kier molecular flexibility index (Phi) is 4.85. The molecule has 0 bridgehead atoms. The Labute approximate surface area is 113 Å². The number of nitrogens with two attached hydrogens (primary N) is 1. The molecule has 2 unspecified atom stereocenters. The summed E-state index contributed by atoms with van der Waals surface area (Å²) in [6, 6.07) is 20.9. The van der Waals surface area contributed by atoms with E-state index in [9.17, 15) is 0 Å². The number of thioether (sulfide) groups is 1. The highest BCUT2D eigenvalue weighted by Gasteiger charge is 2.20. The van der Waals surface area contributed by atoms with Crippen molar-refractivity contribution in [2.75, 3.05) is 5.75 Å². The molecule has 0 heterocycles. The molecule has 94 valence electrons. The summed E-state index contributed by atoms with van der Waals surface area (Å²) in [4.78, 5) is 0. The van der Waals surface area contributed by atoms with E-state index in [-0.39, 0.29) is 6.04 Å². The lowest BCUT2D eigenvalue weighted by Crippen LogP contribution is -2.17. The van der Waals surface area contributed by atoms with Crippen LogP contribution in [0.4, 0.5) is 0 Å². The zero-order valence-corrected chi connectivity index (χ0v) is 11.4. The molecule has 2 heteroatoms. The van der Waals surface area contributed by atoms with Crippen LogP contribution in [0.25, 0.3) is 0 Å². The van der Waals surface area contributed by atoms with Crippen LogP contribution in [0.3, 0.4) is 0 Å². The van der Waals surface area contributed by atoms with Crippen molar-refractivity contribution in [3.8, 4) is 0 Å². The van der Waals surface area contributed by atoms with Gasteiger partial charge in [-0.15, -0.1) is 0 Å². The highest BCUT2D eigenvalue weighted by molar-refractivity contribution is 7.99. The first kappa shape index (κ1) is 13.2. The van der Waals surface area contributed by atoms with Crippen LogP contribution in [-0.4, -0.2) is 5.75 Å². The van der Waals surface area contributed by atoms with Gasteiger partial charge < -0.3 is 5.73 Å². The van der Waals surface area contributed by atoms with Gasteiger partial charge in [-0.05, 0) is 16.9 Å². The van der Waals surface area contributed by atoms with E-state index >= 15 is 0 Å². The molecular formula is C16H19NS. The summed E-state index contributed by atoms with van der Waals surface area (Å²) in [6.45, 7) is 2.18. The van der Waals surface area contributed by atoms with E-state index in [0.29, 0.717) is 5.25 Å². The van der Waals surface area contributed by atoms with E-state index in [1.165, 1.54) is 11.1 Å². The van der Waals surface area contributed by atoms with Crippen LogP contribution in [0.2, 0.25) is 0 Å². The Morgan fingerprint density at radius 3 is 1.89 bits per heavy atom. The van der Waals surface area contributed by atoms with Gasteiger partial charge in [0.05, 0.1) is 0 Å². The fourth-order valence-corrected chi connectivity index (χ4v) is 3.15. The van der Waals surface area contributed by atoms with Gasteiger partial charge in [0, 0.05) is 11.3 Å². The topological polar surface area (TPSA) is 26.0 Å². The predicted molar refractivity (Wildman–Crippen MR) is 80.7 cm³/mol. The fourth-order valence-electron chi connectivity index (χ4n) is 2.08. The van der Waals surface area contributed by atoms with E-state index in [1.54, 1.807) is 0 Å². The minimum atomic E-state index is 0.0403. The summed E-state index contributed by atoms with van der Waals surface area (Å²) in [7, 11) is 0. The van der Waals surface area contributed by atoms with Crippen LogP contribution in [0.5, 0.6) is 0 Å². The summed E-state index contributed by atoms with van der Waals surface area (Å²) in [6.07, 6.45) is 0. The maximum atomic E-state index is 6.44. The molecule has 0 aliphatic rings. The minimum absolute atomic E-state index is 0.0403. The Bertz CT molecular complexity index is 455. The van der Waals surface area contributed by atoms with Crippen molar-refractivity contribution >= 4 is 11.8 Å². The first-order valence-corrected chi connectivity index (χ1v) is 7.35. The molecule has 0 amide bonds. The normalized spacial score (nSPS) is 14.1. The maximum absolute atomic E-state index is 6.44. The van der Waals surface area contributed by atoms with Crippen LogP contribution in [0.1, 0.15) is 29.3 Å². The first-order chi connectivity index (χ1) is 8.83. The molecule has 0 aliphatic carbocycles. The molecule has 0 aliphatic heterocycles. The standard InChI is InChI=1S/C16H19NS/c1-2-18-16(14-11-7-4-8-12-14)15(17)13-9-5-3-6-10-13/h3-12,15-16H,2,17H2,1H3. The Morgan fingerprint density at radius 2 is 1.39 bits per heavy atom. The lowest BCUT2D eigenvalue weighted by molar-refractivity contribution is 0.705. The van der Waals surface area contributed by atoms with Crippen LogP contribution < -0.4 is 5.73 Å². The monoisotopic (exact) mass is 257 g/mol. The van der Waals surface area contributed by atoms with Crippen LogP contribution in [0.15, 0.2) is 60.7 Å². The quantitative estimate of drug-likeness (QED) is 0.869. The van der Waals surface area contributed by atoms with Gasteiger partial charge in [0.1, 0.15) is 0 Å². The first-order valence-electron chi connectivity index (χ1n) is 6.30. The number of hydrogen-bond donors (Lipinski definition) is 1. The molecule has 2 rings (SSSR count). The molecule has 2 atom stereocenters. The zero-order chi connectivity index (χ0) is 12.8. The molecule has 0 fully saturated rings. The molecule has 2 aromatic rings. The summed E-state index contributed by atoms with van der Waals surface area (Å²) in [5, 5.41) is 0.318. The van der Waals surface area contributed by atoms with Gasteiger partial charge in [-0.1, -0.05) is 67.6 Å². The minimum Gasteiger partial charge on any atom is -0.323 e. The molecule has 2 aromatic carbocycles. The molecule has 0 saturated heterocycles. The zero-order valence-electron chi connectivity index (χ0n) is 10.6. The average Bonchev–Trinajstić information content (AvgIpc) is 2.46. The van der Waals surface area contributed by atoms with Gasteiger partial charge in [0.15, 0.2) is 0 Å². The van der Waals surface area contributed by atoms with Gasteiger partial charge in [-0.3, -0.25) is 0 Å². The fraction of sp³-hybridized carbons (Fsp3) is 0.250. The van der Waals surface area contributed by atoms with Gasteiger partial charge in [0.25, 0.3) is 0 Å². The average molecular weight is 257 g/mol. The Hall–Kier alpha value is -1.25. The molecule has 2 N–H and O–H groups in total. The van der Waals surface area contributed by atoms with Crippen molar-refractivity contribution in [1.82, 2.24) is 0 Å². The molecule has 0 spiro atoms. The SMILES string of the molecule is CCSC(c1ccccc1)C(N)c1ccccc1. The van der Waals surface area contributed by atoms with E-state index < -0.39 is 0 Å². The highest BCUT2D eigenvalue weighted by atomic mass is 32.2. The Morgan fingerprint density at radius 1 is 0.889 bits per heavy atom. The molecular weight excluding hydrogens is 238 g/mol. The second kappa shape index (κ2) is 6.62. The molecule has 0 aromatic heterocycles. The molecule has 0 radical (unpaired) electrons. The van der Waals surface area contributed by atoms with Crippen molar-refractivity contribution in [3.63, 3.8) is 0 Å². The summed E-state index contributed by atoms with van der Waals surface area (Å²) in [5.74, 6) is 1.07. The van der Waals surface area contributed by atoms with Crippen LogP contribution in [-0.2, 0) is 0 Å². The second-order valence-corrected chi connectivity index (χ2v) is 5.64. The van der Waals surface area contributed by atoms with E-state index in [1.807, 2.05) is 36.0 Å². The van der Waals surface area contributed by atoms with Gasteiger partial charge >= 0.3 is 0 Å². The highest BCUT2D eigenvalue weighted by Crippen LogP contribution is 2.38. The van der Waals surface area contributed by atoms with Gasteiger partial charge in [-0.25, -0.2) is 0 Å². The lowest BCUT2D eigenvalue weighted by Gasteiger charge is -2.24. The summed E-state index contributed by atoms with van der Waals surface area (Å²) in [5.41, 5.74) is 8.94. The van der Waals surface area contributed by atoms with Crippen molar-refractivity contribution in [3.05, 3.63) is 71.8 Å². The predicted octanol–water partition coefficient (Wildman–Crippen LogP) is 4.18. The third-order valence-corrected chi connectivity index (χ3v) is 4.24. The van der Waals surface area contributed by atoms with E-state index in [0.717, 1.165) is 5.75 Å². The van der Waals surface area contributed by atoms with Crippen molar-refractivity contribution in [2.45, 2.75) is 18.2 Å².